The zero-order valence-corrected chi connectivity index (χ0v) is 23.6. The number of nitrogens with one attached hydrogen (secondary N) is 3. The van der Waals surface area contributed by atoms with Crippen molar-refractivity contribution in [3.05, 3.63) is 102 Å². The number of benzene rings is 3. The number of nitrogens with zero attached hydrogens (tertiary/aromatic N) is 2. The highest BCUT2D eigenvalue weighted by atomic mass is 32.2. The van der Waals surface area contributed by atoms with Crippen molar-refractivity contribution in [2.45, 2.75) is 4.90 Å². The van der Waals surface area contributed by atoms with Gasteiger partial charge in [-0.25, -0.2) is 8.42 Å². The zero-order valence-electron chi connectivity index (χ0n) is 22.8. The summed E-state index contributed by atoms with van der Waals surface area (Å²) in [5.41, 5.74) is 1.27. The van der Waals surface area contributed by atoms with Crippen LogP contribution in [0.2, 0.25) is 0 Å². The number of amides is 2. The lowest BCUT2D eigenvalue weighted by atomic mass is 10.1. The first-order chi connectivity index (χ1) is 20.2. The minimum atomic E-state index is -4.06. The SMILES string of the molecule is COc1ccc(C=C(NC(=O)c2ccccc2)C(=O)Nc2ccc(S(=O)(=O)Nc3cc(OC)nc(OC)n3)cc2)cc1. The molecule has 216 valence electrons. The number of anilines is 2. The van der Waals surface area contributed by atoms with Crippen LogP contribution in [0.3, 0.4) is 0 Å². The van der Waals surface area contributed by atoms with Gasteiger partial charge in [-0.15, -0.1) is 0 Å². The molecule has 0 bridgehead atoms. The number of methoxy groups -OCH3 is 3. The maximum atomic E-state index is 13.3. The van der Waals surface area contributed by atoms with Gasteiger partial charge in [-0.05, 0) is 60.2 Å². The van der Waals surface area contributed by atoms with Crippen LogP contribution in [-0.2, 0) is 14.8 Å². The van der Waals surface area contributed by atoms with E-state index in [0.29, 0.717) is 22.6 Å². The molecule has 1 heterocycles. The zero-order chi connectivity index (χ0) is 30.1. The standard InChI is InChI=1S/C29H27N5O7S/c1-39-22-13-9-19(10-14-22)17-24(31-27(35)20-7-5-4-6-8-20)28(36)30-21-11-15-23(16-12-21)42(37,38)34-25-18-26(40-2)33-29(32-25)41-3/h4-18H,1-3H3,(H,30,36)(H,31,35)(H,32,33,34). The van der Waals surface area contributed by atoms with Gasteiger partial charge in [0.05, 0.1) is 26.2 Å². The molecule has 0 fully saturated rings. The molecule has 0 aliphatic heterocycles. The van der Waals surface area contributed by atoms with Gasteiger partial charge in [0.2, 0.25) is 5.88 Å². The van der Waals surface area contributed by atoms with E-state index < -0.39 is 21.8 Å². The lowest BCUT2D eigenvalue weighted by Gasteiger charge is -2.13. The van der Waals surface area contributed by atoms with Gasteiger partial charge in [0.1, 0.15) is 11.4 Å². The number of sulfonamides is 1. The number of carbonyl (C=O) groups is 2. The Bertz CT molecular complexity index is 1670. The van der Waals surface area contributed by atoms with Gasteiger partial charge in [-0.1, -0.05) is 30.3 Å². The van der Waals surface area contributed by atoms with Gasteiger partial charge in [-0.2, -0.15) is 9.97 Å². The van der Waals surface area contributed by atoms with E-state index in [0.717, 1.165) is 0 Å². The van der Waals surface area contributed by atoms with Crippen LogP contribution in [0.25, 0.3) is 6.08 Å². The Labute approximate surface area is 242 Å². The number of aromatic nitrogens is 2. The van der Waals surface area contributed by atoms with E-state index in [1.807, 2.05) is 0 Å². The minimum Gasteiger partial charge on any atom is -0.497 e. The van der Waals surface area contributed by atoms with Crippen LogP contribution in [0.15, 0.2) is 95.5 Å². The maximum absolute atomic E-state index is 13.3. The quantitative estimate of drug-likeness (QED) is 0.222. The number of ether oxygens (including phenoxy) is 3. The summed E-state index contributed by atoms with van der Waals surface area (Å²) < 4.78 is 43.4. The Morgan fingerprint density at radius 1 is 0.810 bits per heavy atom. The van der Waals surface area contributed by atoms with E-state index in [1.165, 1.54) is 50.6 Å². The lowest BCUT2D eigenvalue weighted by Crippen LogP contribution is -2.30. The minimum absolute atomic E-state index is 0.0287. The molecule has 1 aromatic heterocycles. The molecule has 0 saturated carbocycles. The summed E-state index contributed by atoms with van der Waals surface area (Å²) in [4.78, 5) is 33.9. The van der Waals surface area contributed by atoms with Crippen LogP contribution in [-0.4, -0.2) is 51.5 Å². The molecule has 4 rings (SSSR count). The Balaban J connectivity index is 1.53. The number of hydrogen-bond donors (Lipinski definition) is 3. The second-order valence-electron chi connectivity index (χ2n) is 8.52. The lowest BCUT2D eigenvalue weighted by molar-refractivity contribution is -0.113. The summed E-state index contributed by atoms with van der Waals surface area (Å²) in [6, 6.07) is 22.0. The third-order valence-electron chi connectivity index (χ3n) is 5.69. The molecular weight excluding hydrogens is 562 g/mol. The Kier molecular flexibility index (Phi) is 9.35. The van der Waals surface area contributed by atoms with E-state index in [2.05, 4.69) is 25.3 Å². The monoisotopic (exact) mass is 589 g/mol. The van der Waals surface area contributed by atoms with Crippen molar-refractivity contribution in [3.63, 3.8) is 0 Å². The van der Waals surface area contributed by atoms with Crippen molar-refractivity contribution in [1.82, 2.24) is 15.3 Å². The summed E-state index contributed by atoms with van der Waals surface area (Å²) in [5, 5.41) is 5.34. The first-order valence-electron chi connectivity index (χ1n) is 12.3. The second kappa shape index (κ2) is 13.3. The fraction of sp³-hybridized carbons (Fsp3) is 0.103. The van der Waals surface area contributed by atoms with Crippen molar-refractivity contribution in [2.24, 2.45) is 0 Å². The number of carbonyl (C=O) groups excluding carboxylic acids is 2. The van der Waals surface area contributed by atoms with Gasteiger partial charge in [-0.3, -0.25) is 14.3 Å². The predicted molar refractivity (Wildman–Crippen MR) is 156 cm³/mol. The highest BCUT2D eigenvalue weighted by molar-refractivity contribution is 7.92. The molecule has 3 N–H and O–H groups in total. The smallest absolute Gasteiger partial charge is 0.321 e. The van der Waals surface area contributed by atoms with Crippen molar-refractivity contribution in [2.75, 3.05) is 31.4 Å². The Hall–Kier alpha value is -5.43. The van der Waals surface area contributed by atoms with Gasteiger partial charge in [0.15, 0.2) is 5.82 Å². The van der Waals surface area contributed by atoms with Crippen LogP contribution < -0.4 is 29.6 Å². The summed E-state index contributed by atoms with van der Waals surface area (Å²) in [5.74, 6) is -0.414. The Morgan fingerprint density at radius 3 is 2.12 bits per heavy atom. The van der Waals surface area contributed by atoms with Crippen LogP contribution in [0.1, 0.15) is 15.9 Å². The fourth-order valence-corrected chi connectivity index (χ4v) is 4.57. The van der Waals surface area contributed by atoms with E-state index in [9.17, 15) is 18.0 Å². The van der Waals surface area contributed by atoms with Gasteiger partial charge < -0.3 is 24.8 Å². The molecule has 2 amide bonds. The van der Waals surface area contributed by atoms with Gasteiger partial charge in [0, 0.05) is 17.3 Å². The van der Waals surface area contributed by atoms with Crippen LogP contribution in [0.5, 0.6) is 17.6 Å². The highest BCUT2D eigenvalue weighted by Gasteiger charge is 2.19. The molecule has 0 spiro atoms. The molecule has 0 aliphatic rings. The fourth-order valence-electron chi connectivity index (χ4n) is 3.57. The summed E-state index contributed by atoms with van der Waals surface area (Å²) in [6.07, 6.45) is 1.52. The predicted octanol–water partition coefficient (Wildman–Crippen LogP) is 3.71. The molecule has 13 heteroatoms. The maximum Gasteiger partial charge on any atom is 0.321 e. The molecule has 0 atom stereocenters. The van der Waals surface area contributed by atoms with Crippen LogP contribution in [0, 0.1) is 0 Å². The first kappa shape index (κ1) is 29.6. The second-order valence-corrected chi connectivity index (χ2v) is 10.2. The number of hydrogen-bond acceptors (Lipinski definition) is 9. The molecular formula is C29H27N5O7S. The van der Waals surface area contributed by atoms with Crippen LogP contribution in [0.4, 0.5) is 11.5 Å². The third-order valence-corrected chi connectivity index (χ3v) is 7.06. The first-order valence-corrected chi connectivity index (χ1v) is 13.8. The number of rotatable bonds is 11. The average molecular weight is 590 g/mol. The molecule has 0 radical (unpaired) electrons. The third kappa shape index (κ3) is 7.61. The molecule has 12 nitrogen and oxygen atoms in total. The summed E-state index contributed by atoms with van der Waals surface area (Å²) in [6.45, 7) is 0. The molecule has 3 aromatic carbocycles. The van der Waals surface area contributed by atoms with Crippen molar-refractivity contribution >= 4 is 39.4 Å². The van der Waals surface area contributed by atoms with Crippen molar-refractivity contribution < 1.29 is 32.2 Å². The molecule has 42 heavy (non-hydrogen) atoms. The topological polar surface area (TPSA) is 158 Å². The van der Waals surface area contributed by atoms with Crippen molar-refractivity contribution in [3.8, 4) is 17.6 Å². The molecule has 0 saturated heterocycles. The van der Waals surface area contributed by atoms with E-state index in [-0.39, 0.29) is 28.3 Å². The largest absolute Gasteiger partial charge is 0.497 e. The van der Waals surface area contributed by atoms with E-state index >= 15 is 0 Å². The van der Waals surface area contributed by atoms with Gasteiger partial charge >= 0.3 is 6.01 Å². The molecule has 4 aromatic rings. The van der Waals surface area contributed by atoms with Crippen LogP contribution >= 0.6 is 0 Å². The average Bonchev–Trinajstić information content (AvgIpc) is 3.01. The highest BCUT2D eigenvalue weighted by Crippen LogP contribution is 2.22. The summed E-state index contributed by atoms with van der Waals surface area (Å²) >= 11 is 0. The Morgan fingerprint density at radius 2 is 1.50 bits per heavy atom. The van der Waals surface area contributed by atoms with E-state index in [1.54, 1.807) is 61.7 Å². The van der Waals surface area contributed by atoms with Gasteiger partial charge in [0.25, 0.3) is 21.8 Å². The summed E-state index contributed by atoms with van der Waals surface area (Å²) in [7, 11) is 0.193. The van der Waals surface area contributed by atoms with Crippen molar-refractivity contribution in [1.29, 1.82) is 0 Å². The van der Waals surface area contributed by atoms with E-state index in [4.69, 9.17) is 14.2 Å². The molecule has 0 unspecified atom stereocenters. The molecule has 0 aliphatic carbocycles. The normalized spacial score (nSPS) is 11.3.